The van der Waals surface area contributed by atoms with Crippen LogP contribution < -0.4 is 15.0 Å². The van der Waals surface area contributed by atoms with Crippen LogP contribution in [-0.4, -0.2) is 52.4 Å². The molecule has 1 rings (SSSR count). The van der Waals surface area contributed by atoms with Crippen LogP contribution in [0, 0.1) is 0 Å². The molecule has 0 bridgehead atoms. The third-order valence-electron chi connectivity index (χ3n) is 3.36. The lowest BCUT2D eigenvalue weighted by Gasteiger charge is -2.25. The lowest BCUT2D eigenvalue weighted by molar-refractivity contribution is -0.144. The van der Waals surface area contributed by atoms with Gasteiger partial charge in [-0.15, -0.1) is 0 Å². The smallest absolute Gasteiger partial charge is 0.307 e. The number of nitrogens with zero attached hydrogens (tertiary/aromatic N) is 1. The van der Waals surface area contributed by atoms with E-state index in [9.17, 15) is 9.59 Å². The lowest BCUT2D eigenvalue weighted by atomic mass is 10.2. The molecule has 1 aromatic rings. The highest BCUT2D eigenvalue weighted by molar-refractivity contribution is 5.89. The molecule has 0 fully saturated rings. The van der Waals surface area contributed by atoms with Crippen LogP contribution in [0.5, 0.6) is 5.75 Å². The SMILES string of the molecule is CCN(CCC(=O)OCCOC)c1cc(NC(C)=O)ccc1OC. The van der Waals surface area contributed by atoms with Crippen LogP contribution in [0.25, 0.3) is 0 Å². The van der Waals surface area contributed by atoms with Crippen LogP contribution in [0.3, 0.4) is 0 Å². The van der Waals surface area contributed by atoms with Gasteiger partial charge in [-0.1, -0.05) is 0 Å². The zero-order chi connectivity index (χ0) is 17.9. The number of anilines is 2. The summed E-state index contributed by atoms with van der Waals surface area (Å²) in [6.07, 6.45) is 0.255. The maximum absolute atomic E-state index is 11.7. The number of hydrogen-bond donors (Lipinski definition) is 1. The van der Waals surface area contributed by atoms with Crippen LogP contribution in [0.2, 0.25) is 0 Å². The first kappa shape index (κ1) is 19.8. The van der Waals surface area contributed by atoms with Crippen LogP contribution in [0.1, 0.15) is 20.3 Å². The monoisotopic (exact) mass is 338 g/mol. The summed E-state index contributed by atoms with van der Waals surface area (Å²) in [6.45, 7) is 5.25. The van der Waals surface area contributed by atoms with Crippen molar-refractivity contribution >= 4 is 23.3 Å². The Hall–Kier alpha value is -2.28. The van der Waals surface area contributed by atoms with Crippen LogP contribution >= 0.6 is 0 Å². The van der Waals surface area contributed by atoms with Crippen LogP contribution in [0.4, 0.5) is 11.4 Å². The minimum Gasteiger partial charge on any atom is -0.495 e. The van der Waals surface area contributed by atoms with Crippen molar-refractivity contribution in [2.24, 2.45) is 0 Å². The Morgan fingerprint density at radius 1 is 1.21 bits per heavy atom. The Labute approximate surface area is 142 Å². The zero-order valence-corrected chi connectivity index (χ0v) is 14.8. The maximum Gasteiger partial charge on any atom is 0.307 e. The molecule has 0 aromatic heterocycles. The molecular weight excluding hydrogens is 312 g/mol. The summed E-state index contributed by atoms with van der Waals surface area (Å²) in [5.41, 5.74) is 1.50. The molecule has 0 radical (unpaired) electrons. The summed E-state index contributed by atoms with van der Waals surface area (Å²) >= 11 is 0. The molecule has 7 heteroatoms. The van der Waals surface area contributed by atoms with Crippen molar-refractivity contribution in [3.63, 3.8) is 0 Å². The molecule has 0 aliphatic heterocycles. The molecule has 0 atom stereocenters. The van der Waals surface area contributed by atoms with Crippen molar-refractivity contribution in [3.05, 3.63) is 18.2 Å². The summed E-state index contributed by atoms with van der Waals surface area (Å²) in [6, 6.07) is 5.40. The molecule has 1 aromatic carbocycles. The molecule has 0 heterocycles. The third-order valence-corrected chi connectivity index (χ3v) is 3.36. The van der Waals surface area contributed by atoms with Gasteiger partial charge >= 0.3 is 5.97 Å². The number of carbonyl (C=O) groups excluding carboxylic acids is 2. The number of nitrogens with one attached hydrogen (secondary N) is 1. The van der Waals surface area contributed by atoms with Crippen molar-refractivity contribution in [2.45, 2.75) is 20.3 Å². The minimum absolute atomic E-state index is 0.143. The fraction of sp³-hybridized carbons (Fsp3) is 0.529. The van der Waals surface area contributed by atoms with E-state index in [2.05, 4.69) is 5.32 Å². The largest absolute Gasteiger partial charge is 0.495 e. The summed E-state index contributed by atoms with van der Waals surface area (Å²) in [5, 5.41) is 2.75. The molecule has 0 spiro atoms. The fourth-order valence-corrected chi connectivity index (χ4v) is 2.20. The Morgan fingerprint density at radius 2 is 1.96 bits per heavy atom. The van der Waals surface area contributed by atoms with Crippen molar-refractivity contribution in [3.8, 4) is 5.75 Å². The number of amides is 1. The first-order valence-electron chi connectivity index (χ1n) is 7.87. The van der Waals surface area contributed by atoms with Crippen molar-refractivity contribution in [2.75, 3.05) is 50.7 Å². The summed E-state index contributed by atoms with van der Waals surface area (Å²) in [5.74, 6) is 0.261. The Kier molecular flexibility index (Phi) is 8.64. The standard InChI is InChI=1S/C17H26N2O5/c1-5-19(9-8-17(21)24-11-10-22-3)15-12-14(18-13(2)20)6-7-16(15)23-4/h6-7,12H,5,8-11H2,1-4H3,(H,18,20). The fourth-order valence-electron chi connectivity index (χ4n) is 2.20. The van der Waals surface area contributed by atoms with E-state index >= 15 is 0 Å². The molecule has 7 nitrogen and oxygen atoms in total. The van der Waals surface area contributed by atoms with E-state index in [4.69, 9.17) is 14.2 Å². The van der Waals surface area contributed by atoms with Gasteiger partial charge in [0, 0.05) is 32.8 Å². The van der Waals surface area contributed by atoms with Crippen molar-refractivity contribution in [1.29, 1.82) is 0 Å². The topological polar surface area (TPSA) is 77.1 Å². The van der Waals surface area contributed by atoms with Gasteiger partial charge in [0.15, 0.2) is 0 Å². The molecule has 0 saturated carbocycles. The van der Waals surface area contributed by atoms with E-state index in [1.807, 2.05) is 17.9 Å². The average molecular weight is 338 g/mol. The van der Waals surface area contributed by atoms with Crippen molar-refractivity contribution < 1.29 is 23.8 Å². The number of methoxy groups -OCH3 is 2. The number of benzene rings is 1. The van der Waals surface area contributed by atoms with Gasteiger partial charge in [0.2, 0.25) is 5.91 Å². The maximum atomic E-state index is 11.7. The number of ether oxygens (including phenoxy) is 3. The van der Waals surface area contributed by atoms with E-state index in [-0.39, 0.29) is 24.9 Å². The molecule has 0 aliphatic rings. The third kappa shape index (κ3) is 6.45. The Balaban J connectivity index is 2.78. The van der Waals surface area contributed by atoms with Gasteiger partial charge in [0.1, 0.15) is 12.4 Å². The molecule has 0 saturated heterocycles. The predicted molar refractivity (Wildman–Crippen MR) is 92.6 cm³/mol. The zero-order valence-electron chi connectivity index (χ0n) is 14.8. The number of rotatable bonds is 10. The van der Waals surface area contributed by atoms with E-state index in [1.165, 1.54) is 6.92 Å². The first-order valence-corrected chi connectivity index (χ1v) is 7.87. The summed E-state index contributed by atoms with van der Waals surface area (Å²) in [4.78, 5) is 25.0. The van der Waals surface area contributed by atoms with E-state index in [0.29, 0.717) is 31.1 Å². The molecule has 1 N–H and O–H groups in total. The molecule has 134 valence electrons. The summed E-state index contributed by atoms with van der Waals surface area (Å²) in [7, 11) is 3.14. The minimum atomic E-state index is -0.275. The second kappa shape index (κ2) is 10.5. The molecular formula is C17H26N2O5. The average Bonchev–Trinajstić information content (AvgIpc) is 2.55. The number of esters is 1. The van der Waals surface area contributed by atoms with Crippen molar-refractivity contribution in [1.82, 2.24) is 0 Å². The molecule has 1 amide bonds. The van der Waals surface area contributed by atoms with E-state index in [1.54, 1.807) is 26.4 Å². The molecule has 0 unspecified atom stereocenters. The van der Waals surface area contributed by atoms with Gasteiger partial charge in [-0.2, -0.15) is 0 Å². The second-order valence-electron chi connectivity index (χ2n) is 5.11. The Morgan fingerprint density at radius 3 is 2.54 bits per heavy atom. The predicted octanol–water partition coefficient (Wildman–Crippen LogP) is 2.06. The van der Waals surface area contributed by atoms with Gasteiger partial charge in [-0.25, -0.2) is 0 Å². The molecule has 24 heavy (non-hydrogen) atoms. The lowest BCUT2D eigenvalue weighted by Crippen LogP contribution is -2.27. The highest BCUT2D eigenvalue weighted by atomic mass is 16.6. The number of carbonyl (C=O) groups is 2. The van der Waals surface area contributed by atoms with Crippen LogP contribution in [0.15, 0.2) is 18.2 Å². The van der Waals surface area contributed by atoms with Gasteiger partial charge in [0.25, 0.3) is 0 Å². The van der Waals surface area contributed by atoms with Gasteiger partial charge in [-0.05, 0) is 25.1 Å². The number of hydrogen-bond acceptors (Lipinski definition) is 6. The first-order chi connectivity index (χ1) is 11.5. The molecule has 0 aliphatic carbocycles. The highest BCUT2D eigenvalue weighted by Crippen LogP contribution is 2.31. The normalized spacial score (nSPS) is 10.2. The van der Waals surface area contributed by atoms with Crippen LogP contribution in [-0.2, 0) is 19.1 Å². The van der Waals surface area contributed by atoms with Gasteiger partial charge < -0.3 is 24.4 Å². The van der Waals surface area contributed by atoms with Gasteiger partial charge in [-0.3, -0.25) is 9.59 Å². The van der Waals surface area contributed by atoms with Gasteiger partial charge in [0.05, 0.1) is 25.8 Å². The summed E-state index contributed by atoms with van der Waals surface area (Å²) < 4.78 is 15.3. The highest BCUT2D eigenvalue weighted by Gasteiger charge is 2.14. The second-order valence-corrected chi connectivity index (χ2v) is 5.11. The van der Waals surface area contributed by atoms with E-state index in [0.717, 1.165) is 5.69 Å². The van der Waals surface area contributed by atoms with E-state index < -0.39 is 0 Å². The quantitative estimate of drug-likeness (QED) is 0.520. The Bertz CT molecular complexity index is 548.